The Morgan fingerprint density at radius 2 is 1.56 bits per heavy atom. The van der Waals surface area contributed by atoms with Crippen LogP contribution >= 0.6 is 0 Å². The molecule has 2 N–H and O–H groups in total. The first kappa shape index (κ1) is 25.5. The molecule has 2 aromatic rings. The average Bonchev–Trinajstić information content (AvgIpc) is 3.10. The second-order valence-electron chi connectivity index (χ2n) is 8.86. The summed E-state index contributed by atoms with van der Waals surface area (Å²) in [6, 6.07) is 14.6. The Hall–Kier alpha value is -3.12. The van der Waals surface area contributed by atoms with Gasteiger partial charge in [-0.25, -0.2) is 0 Å². The summed E-state index contributed by atoms with van der Waals surface area (Å²) in [6.45, 7) is 7.65. The number of unbranched alkanes of at least 4 members (excludes halogenated alkanes) is 2. The molecule has 0 radical (unpaired) electrons. The summed E-state index contributed by atoms with van der Waals surface area (Å²) in [5.41, 5.74) is 1.15. The highest BCUT2D eigenvalue weighted by Gasteiger charge is 2.45. The van der Waals surface area contributed by atoms with Gasteiger partial charge in [0.1, 0.15) is 11.5 Å². The van der Waals surface area contributed by atoms with Gasteiger partial charge in [-0.15, -0.1) is 0 Å². The fraction of sp³-hybridized carbons (Fsp3) is 0.429. The zero-order valence-electron chi connectivity index (χ0n) is 20.2. The van der Waals surface area contributed by atoms with Crippen molar-refractivity contribution in [2.45, 2.75) is 52.0 Å². The highest BCUT2D eigenvalue weighted by molar-refractivity contribution is 6.46. The number of carbonyl (C=O) groups excluding carboxylic acids is 2. The number of Topliss-reactive ketones (excluding diaryl/α,β-unsaturated/α-hetero) is 1. The molecule has 1 fully saturated rings. The van der Waals surface area contributed by atoms with E-state index in [9.17, 15) is 19.8 Å². The third kappa shape index (κ3) is 6.06. The number of nitrogens with zero attached hydrogens (tertiary/aromatic N) is 2. The van der Waals surface area contributed by atoms with Gasteiger partial charge in [-0.3, -0.25) is 9.59 Å². The molecule has 0 aliphatic carbocycles. The Labute approximate surface area is 202 Å². The third-order valence-corrected chi connectivity index (χ3v) is 6.30. The number of phenolic OH excluding ortho intramolecular Hbond substituents is 1. The molecule has 0 saturated carbocycles. The average molecular weight is 465 g/mol. The Kier molecular flexibility index (Phi) is 9.28. The van der Waals surface area contributed by atoms with E-state index >= 15 is 0 Å². The van der Waals surface area contributed by atoms with Crippen LogP contribution < -0.4 is 0 Å². The minimum atomic E-state index is -0.743. The van der Waals surface area contributed by atoms with Crippen molar-refractivity contribution in [1.29, 1.82) is 0 Å². The van der Waals surface area contributed by atoms with E-state index in [0.29, 0.717) is 17.7 Å². The molecule has 1 atom stereocenters. The molecule has 2 aromatic carbocycles. The van der Waals surface area contributed by atoms with Crippen LogP contribution in [0.1, 0.15) is 63.1 Å². The second-order valence-corrected chi connectivity index (χ2v) is 8.86. The standard InChI is InChI=1S/C28H36N2O4/c1-3-5-16-29(17-6-4-2)18-11-19-30-25(22-14-10-15-23(31)20-22)24(27(33)28(30)34)26(32)21-12-8-7-9-13-21/h7-10,12-15,20,25,31-32H,3-6,11,16-19H2,1-2H3/t25-/m0/s1. The molecule has 0 unspecified atom stereocenters. The molecule has 182 valence electrons. The van der Waals surface area contributed by atoms with Gasteiger partial charge >= 0.3 is 0 Å². The van der Waals surface area contributed by atoms with Crippen molar-refractivity contribution < 1.29 is 19.8 Å². The number of likely N-dealkylation sites (tertiary alicyclic amines) is 1. The predicted molar refractivity (Wildman–Crippen MR) is 134 cm³/mol. The quantitative estimate of drug-likeness (QED) is 0.259. The minimum absolute atomic E-state index is 0.0492. The highest BCUT2D eigenvalue weighted by Crippen LogP contribution is 2.40. The van der Waals surface area contributed by atoms with Crippen molar-refractivity contribution >= 4 is 17.4 Å². The molecule has 6 nitrogen and oxygen atoms in total. The largest absolute Gasteiger partial charge is 0.508 e. The topological polar surface area (TPSA) is 81.1 Å². The molecule has 34 heavy (non-hydrogen) atoms. The number of aliphatic hydroxyl groups excluding tert-OH is 1. The van der Waals surface area contributed by atoms with Gasteiger partial charge in [0.25, 0.3) is 11.7 Å². The number of aliphatic hydroxyl groups is 1. The molecule has 1 saturated heterocycles. The lowest BCUT2D eigenvalue weighted by Gasteiger charge is -2.27. The molecule has 1 aliphatic heterocycles. The van der Waals surface area contributed by atoms with Crippen LogP contribution in [0.15, 0.2) is 60.2 Å². The van der Waals surface area contributed by atoms with E-state index in [1.54, 1.807) is 53.4 Å². The number of benzene rings is 2. The zero-order valence-corrected chi connectivity index (χ0v) is 20.2. The van der Waals surface area contributed by atoms with Crippen LogP contribution in [-0.4, -0.2) is 57.9 Å². The summed E-state index contributed by atoms with van der Waals surface area (Å²) in [4.78, 5) is 30.2. The van der Waals surface area contributed by atoms with Gasteiger partial charge < -0.3 is 20.0 Å². The van der Waals surface area contributed by atoms with E-state index in [2.05, 4.69) is 18.7 Å². The lowest BCUT2D eigenvalue weighted by Crippen LogP contribution is -2.34. The van der Waals surface area contributed by atoms with E-state index in [1.165, 1.54) is 0 Å². The van der Waals surface area contributed by atoms with Crippen molar-refractivity contribution in [2.75, 3.05) is 26.2 Å². The highest BCUT2D eigenvalue weighted by atomic mass is 16.3. The van der Waals surface area contributed by atoms with E-state index in [4.69, 9.17) is 0 Å². The molecule has 0 aromatic heterocycles. The number of aromatic hydroxyl groups is 1. The zero-order chi connectivity index (χ0) is 24.5. The van der Waals surface area contributed by atoms with Crippen molar-refractivity contribution in [2.24, 2.45) is 0 Å². The Bertz CT molecular complexity index is 994. The summed E-state index contributed by atoms with van der Waals surface area (Å²) in [5, 5.41) is 21.1. The van der Waals surface area contributed by atoms with Crippen LogP contribution in [0.4, 0.5) is 0 Å². The SMILES string of the molecule is CCCCN(CCCC)CCCN1C(=O)C(=O)C(=C(O)c2ccccc2)[C@@H]1c1cccc(O)c1. The van der Waals surface area contributed by atoms with Crippen LogP contribution in [-0.2, 0) is 9.59 Å². The van der Waals surface area contributed by atoms with Crippen molar-refractivity contribution in [3.8, 4) is 5.75 Å². The second kappa shape index (κ2) is 12.4. The smallest absolute Gasteiger partial charge is 0.295 e. The van der Waals surface area contributed by atoms with Gasteiger partial charge in [0.2, 0.25) is 0 Å². The molecule has 3 rings (SSSR count). The predicted octanol–water partition coefficient (Wildman–Crippen LogP) is 5.11. The van der Waals surface area contributed by atoms with Crippen LogP contribution in [0.2, 0.25) is 0 Å². The lowest BCUT2D eigenvalue weighted by atomic mass is 9.95. The molecule has 1 amide bonds. The maximum atomic E-state index is 13.1. The maximum absolute atomic E-state index is 13.1. The van der Waals surface area contributed by atoms with E-state index in [0.717, 1.165) is 51.7 Å². The number of rotatable bonds is 12. The van der Waals surface area contributed by atoms with Crippen molar-refractivity contribution in [3.05, 3.63) is 71.3 Å². The van der Waals surface area contributed by atoms with Crippen LogP contribution in [0.3, 0.4) is 0 Å². The Morgan fingerprint density at radius 1 is 0.912 bits per heavy atom. The summed E-state index contributed by atoms with van der Waals surface area (Å²) in [7, 11) is 0. The number of phenols is 1. The van der Waals surface area contributed by atoms with E-state index in [1.807, 2.05) is 6.07 Å². The fourth-order valence-electron chi connectivity index (χ4n) is 4.47. The van der Waals surface area contributed by atoms with Crippen LogP contribution in [0, 0.1) is 0 Å². The number of hydrogen-bond acceptors (Lipinski definition) is 5. The first-order valence-corrected chi connectivity index (χ1v) is 12.3. The Morgan fingerprint density at radius 3 is 2.18 bits per heavy atom. The summed E-state index contributed by atoms with van der Waals surface area (Å²) < 4.78 is 0. The molecular weight excluding hydrogens is 428 g/mol. The molecule has 1 heterocycles. The normalized spacial score (nSPS) is 17.6. The van der Waals surface area contributed by atoms with Gasteiger partial charge in [0.05, 0.1) is 11.6 Å². The van der Waals surface area contributed by atoms with Gasteiger partial charge in [0, 0.05) is 12.1 Å². The number of ketones is 1. The Balaban J connectivity index is 1.89. The fourth-order valence-corrected chi connectivity index (χ4v) is 4.47. The van der Waals surface area contributed by atoms with Gasteiger partial charge in [0.15, 0.2) is 0 Å². The molecule has 6 heteroatoms. The maximum Gasteiger partial charge on any atom is 0.295 e. The molecule has 0 spiro atoms. The summed E-state index contributed by atoms with van der Waals surface area (Å²) in [6.07, 6.45) is 5.26. The number of hydrogen-bond donors (Lipinski definition) is 2. The summed E-state index contributed by atoms with van der Waals surface area (Å²) in [5.74, 6) is -1.45. The monoisotopic (exact) mass is 464 g/mol. The lowest BCUT2D eigenvalue weighted by molar-refractivity contribution is -0.140. The van der Waals surface area contributed by atoms with Gasteiger partial charge in [-0.2, -0.15) is 0 Å². The van der Waals surface area contributed by atoms with E-state index < -0.39 is 17.7 Å². The molecular formula is C28H36N2O4. The first-order valence-electron chi connectivity index (χ1n) is 12.3. The third-order valence-electron chi connectivity index (χ3n) is 6.30. The van der Waals surface area contributed by atoms with Gasteiger partial charge in [-0.05, 0) is 56.6 Å². The number of amides is 1. The van der Waals surface area contributed by atoms with Crippen molar-refractivity contribution in [1.82, 2.24) is 9.80 Å². The molecule has 1 aliphatic rings. The first-order chi connectivity index (χ1) is 16.5. The van der Waals surface area contributed by atoms with Crippen LogP contribution in [0.5, 0.6) is 5.75 Å². The molecule has 0 bridgehead atoms. The number of carbonyl (C=O) groups is 2. The van der Waals surface area contributed by atoms with Crippen LogP contribution in [0.25, 0.3) is 5.76 Å². The summed E-state index contributed by atoms with van der Waals surface area (Å²) >= 11 is 0. The van der Waals surface area contributed by atoms with Gasteiger partial charge in [-0.1, -0.05) is 69.2 Å². The van der Waals surface area contributed by atoms with Crippen molar-refractivity contribution in [3.63, 3.8) is 0 Å². The minimum Gasteiger partial charge on any atom is -0.508 e. The van der Waals surface area contributed by atoms with E-state index in [-0.39, 0.29) is 17.1 Å².